The largest absolute Gasteiger partial charge is 0.378 e. The fourth-order valence-corrected chi connectivity index (χ4v) is 1.67. The molecule has 0 radical (unpaired) electrons. The van der Waals surface area contributed by atoms with Crippen molar-refractivity contribution in [2.24, 2.45) is 0 Å². The van der Waals surface area contributed by atoms with E-state index in [1.54, 1.807) is 11.9 Å². The van der Waals surface area contributed by atoms with Gasteiger partial charge in [-0.3, -0.25) is 4.79 Å². The second-order valence-electron chi connectivity index (χ2n) is 4.46. The molecule has 2 rings (SSSR count). The second-order valence-corrected chi connectivity index (χ2v) is 4.46. The lowest BCUT2D eigenvalue weighted by Gasteiger charge is -2.16. The molecule has 0 spiro atoms. The molecule has 7 nitrogen and oxygen atoms in total. The predicted octanol–water partition coefficient (Wildman–Crippen LogP) is 0.538. The summed E-state index contributed by atoms with van der Waals surface area (Å²) in [6.45, 7) is 0.501. The molecule has 19 heavy (non-hydrogen) atoms. The molecular weight excluding hydrogens is 244 g/mol. The van der Waals surface area contributed by atoms with Crippen molar-refractivity contribution < 1.29 is 4.79 Å². The molecular formula is C12H16N6O. The number of rotatable bonds is 4. The summed E-state index contributed by atoms with van der Waals surface area (Å²) in [5, 5.41) is 13.0. The number of carbonyl (C=O) groups is 1. The molecule has 0 atom stereocenters. The Labute approximate surface area is 111 Å². The fourth-order valence-electron chi connectivity index (χ4n) is 1.67. The minimum Gasteiger partial charge on any atom is -0.378 e. The van der Waals surface area contributed by atoms with Crippen molar-refractivity contribution in [1.82, 2.24) is 25.5 Å². The third kappa shape index (κ3) is 3.06. The van der Waals surface area contributed by atoms with Crippen LogP contribution in [0.3, 0.4) is 0 Å². The first kappa shape index (κ1) is 13.0. The van der Waals surface area contributed by atoms with Crippen molar-refractivity contribution in [3.05, 3.63) is 35.7 Å². The highest BCUT2D eigenvalue weighted by molar-refractivity contribution is 5.89. The van der Waals surface area contributed by atoms with Gasteiger partial charge >= 0.3 is 0 Å². The Bertz CT molecular complexity index is 534. The smallest absolute Gasteiger partial charge is 0.295 e. The van der Waals surface area contributed by atoms with Gasteiger partial charge in [0.15, 0.2) is 0 Å². The number of tetrazole rings is 1. The molecule has 0 bridgehead atoms. The lowest BCUT2D eigenvalue weighted by Crippen LogP contribution is -2.27. The Morgan fingerprint density at radius 3 is 2.42 bits per heavy atom. The molecule has 0 aliphatic heterocycles. The summed E-state index contributed by atoms with van der Waals surface area (Å²) in [6.07, 6.45) is 0. The van der Waals surface area contributed by atoms with Crippen molar-refractivity contribution in [1.29, 1.82) is 0 Å². The van der Waals surface area contributed by atoms with Gasteiger partial charge in [-0.15, -0.1) is 10.2 Å². The number of aromatic amines is 1. The van der Waals surface area contributed by atoms with Crippen LogP contribution in [0.1, 0.15) is 16.2 Å². The fraction of sp³-hybridized carbons (Fsp3) is 0.333. The number of hydrogen-bond donors (Lipinski definition) is 1. The SMILES string of the molecule is CN(Cc1ccc(N(C)C)cc1)C(=O)c1nn[nH]n1. The maximum atomic E-state index is 11.9. The number of aromatic nitrogens is 4. The highest BCUT2D eigenvalue weighted by atomic mass is 16.2. The molecule has 0 saturated carbocycles. The van der Waals surface area contributed by atoms with E-state index in [1.165, 1.54) is 0 Å². The van der Waals surface area contributed by atoms with E-state index < -0.39 is 0 Å². The quantitative estimate of drug-likeness (QED) is 0.868. The van der Waals surface area contributed by atoms with E-state index in [4.69, 9.17) is 0 Å². The summed E-state index contributed by atoms with van der Waals surface area (Å²) in [6, 6.07) is 8.02. The van der Waals surface area contributed by atoms with E-state index in [9.17, 15) is 4.79 Å². The molecule has 1 N–H and O–H groups in total. The highest BCUT2D eigenvalue weighted by Crippen LogP contribution is 2.13. The maximum Gasteiger partial charge on any atom is 0.295 e. The highest BCUT2D eigenvalue weighted by Gasteiger charge is 2.16. The molecule has 2 aromatic rings. The molecule has 1 aromatic carbocycles. The standard InChI is InChI=1S/C12H16N6O/c1-17(2)10-6-4-9(5-7-10)8-18(3)12(19)11-13-15-16-14-11/h4-7H,8H2,1-3H3,(H,13,14,15,16). The monoisotopic (exact) mass is 260 g/mol. The Balaban J connectivity index is 2.02. The van der Waals surface area contributed by atoms with Crippen LogP contribution in [-0.2, 0) is 6.54 Å². The van der Waals surface area contributed by atoms with Crippen LogP contribution >= 0.6 is 0 Å². The molecule has 0 unspecified atom stereocenters. The van der Waals surface area contributed by atoms with Crippen LogP contribution in [0.2, 0.25) is 0 Å². The zero-order valence-electron chi connectivity index (χ0n) is 11.2. The van der Waals surface area contributed by atoms with Gasteiger partial charge in [0, 0.05) is 33.4 Å². The summed E-state index contributed by atoms with van der Waals surface area (Å²) in [7, 11) is 5.68. The van der Waals surface area contributed by atoms with Crippen molar-refractivity contribution in [3.63, 3.8) is 0 Å². The lowest BCUT2D eigenvalue weighted by molar-refractivity contribution is 0.0773. The summed E-state index contributed by atoms with van der Waals surface area (Å²) in [5.41, 5.74) is 2.17. The molecule has 1 aromatic heterocycles. The van der Waals surface area contributed by atoms with Crippen molar-refractivity contribution in [3.8, 4) is 0 Å². The Morgan fingerprint density at radius 2 is 1.89 bits per heavy atom. The van der Waals surface area contributed by atoms with Gasteiger partial charge in [-0.25, -0.2) is 0 Å². The third-order valence-corrected chi connectivity index (χ3v) is 2.76. The molecule has 7 heteroatoms. The van der Waals surface area contributed by atoms with Crippen LogP contribution in [0.4, 0.5) is 5.69 Å². The van der Waals surface area contributed by atoms with Gasteiger partial charge in [0.1, 0.15) is 0 Å². The summed E-state index contributed by atoms with van der Waals surface area (Å²) in [4.78, 5) is 15.5. The van der Waals surface area contributed by atoms with Gasteiger partial charge in [-0.05, 0) is 22.9 Å². The van der Waals surface area contributed by atoms with Gasteiger partial charge in [-0.1, -0.05) is 12.1 Å². The average Bonchev–Trinajstić information content (AvgIpc) is 2.92. The lowest BCUT2D eigenvalue weighted by atomic mass is 10.2. The molecule has 0 fully saturated rings. The zero-order chi connectivity index (χ0) is 13.8. The van der Waals surface area contributed by atoms with Crippen molar-refractivity contribution in [2.75, 3.05) is 26.0 Å². The second kappa shape index (κ2) is 5.47. The van der Waals surface area contributed by atoms with E-state index in [0.717, 1.165) is 11.3 Å². The zero-order valence-corrected chi connectivity index (χ0v) is 11.2. The molecule has 1 heterocycles. The maximum absolute atomic E-state index is 11.9. The minimum absolute atomic E-state index is 0.0763. The third-order valence-electron chi connectivity index (χ3n) is 2.76. The van der Waals surface area contributed by atoms with Crippen LogP contribution in [0.15, 0.2) is 24.3 Å². The normalized spacial score (nSPS) is 10.3. The first-order chi connectivity index (χ1) is 9.08. The first-order valence-corrected chi connectivity index (χ1v) is 5.83. The van der Waals surface area contributed by atoms with Crippen LogP contribution in [0.5, 0.6) is 0 Å². The number of hydrogen-bond acceptors (Lipinski definition) is 5. The van der Waals surface area contributed by atoms with Gasteiger partial charge in [-0.2, -0.15) is 5.21 Å². The van der Waals surface area contributed by atoms with Crippen LogP contribution in [-0.4, -0.2) is 52.6 Å². The number of nitrogens with zero attached hydrogens (tertiary/aromatic N) is 5. The first-order valence-electron chi connectivity index (χ1n) is 5.83. The molecule has 0 aliphatic rings. The number of benzene rings is 1. The van der Waals surface area contributed by atoms with Gasteiger partial charge in [0.05, 0.1) is 0 Å². The summed E-state index contributed by atoms with van der Waals surface area (Å²) >= 11 is 0. The van der Waals surface area contributed by atoms with Crippen molar-refractivity contribution in [2.45, 2.75) is 6.54 Å². The van der Waals surface area contributed by atoms with E-state index >= 15 is 0 Å². The van der Waals surface area contributed by atoms with Gasteiger partial charge in [0.25, 0.3) is 11.7 Å². The van der Waals surface area contributed by atoms with Gasteiger partial charge in [0.2, 0.25) is 0 Å². The van der Waals surface area contributed by atoms with Crippen molar-refractivity contribution >= 4 is 11.6 Å². The number of H-pyrrole nitrogens is 1. The van der Waals surface area contributed by atoms with Crippen LogP contribution in [0, 0.1) is 0 Å². The Kier molecular flexibility index (Phi) is 3.74. The molecule has 0 aliphatic carbocycles. The number of amides is 1. The predicted molar refractivity (Wildman–Crippen MR) is 70.7 cm³/mol. The Morgan fingerprint density at radius 1 is 1.21 bits per heavy atom. The van der Waals surface area contributed by atoms with Crippen LogP contribution < -0.4 is 4.90 Å². The van der Waals surface area contributed by atoms with E-state index in [-0.39, 0.29) is 11.7 Å². The topological polar surface area (TPSA) is 78.0 Å². The van der Waals surface area contributed by atoms with E-state index in [1.807, 2.05) is 43.3 Å². The molecule has 100 valence electrons. The number of nitrogens with one attached hydrogen (secondary N) is 1. The van der Waals surface area contributed by atoms with E-state index in [0.29, 0.717) is 6.54 Å². The summed E-state index contributed by atoms with van der Waals surface area (Å²) < 4.78 is 0. The molecule has 1 amide bonds. The minimum atomic E-state index is -0.259. The molecule has 0 saturated heterocycles. The average molecular weight is 260 g/mol. The Hall–Kier alpha value is -2.44. The summed E-state index contributed by atoms with van der Waals surface area (Å²) in [5.74, 6) is -0.183. The number of anilines is 1. The van der Waals surface area contributed by atoms with Crippen LogP contribution in [0.25, 0.3) is 0 Å². The van der Waals surface area contributed by atoms with Gasteiger partial charge < -0.3 is 9.80 Å². The number of carbonyl (C=O) groups excluding carboxylic acids is 1. The van der Waals surface area contributed by atoms with E-state index in [2.05, 4.69) is 20.6 Å².